The van der Waals surface area contributed by atoms with Gasteiger partial charge in [0.05, 0.1) is 10.6 Å². The van der Waals surface area contributed by atoms with E-state index in [1.54, 1.807) is 12.1 Å². The molecule has 0 bridgehead atoms. The highest BCUT2D eigenvalue weighted by molar-refractivity contribution is 9.10. The Balaban J connectivity index is 2.15. The quantitative estimate of drug-likeness (QED) is 0.682. The maximum atomic E-state index is 12.4. The van der Waals surface area contributed by atoms with Crippen LogP contribution in [-0.4, -0.2) is 29.2 Å². The number of nitrogens with zero attached hydrogens (tertiary/aromatic N) is 1. The first-order valence-corrected chi connectivity index (χ1v) is 8.21. The molecule has 1 aliphatic heterocycles. The fourth-order valence-corrected chi connectivity index (χ4v) is 3.49. The van der Waals surface area contributed by atoms with E-state index in [2.05, 4.69) is 31.9 Å². The van der Waals surface area contributed by atoms with Gasteiger partial charge in [0, 0.05) is 22.9 Å². The Morgan fingerprint density at radius 2 is 2.28 bits per heavy atom. The van der Waals surface area contributed by atoms with Crippen LogP contribution in [-0.2, 0) is 0 Å². The lowest BCUT2D eigenvalue weighted by Gasteiger charge is -2.32. The van der Waals surface area contributed by atoms with E-state index in [1.165, 1.54) is 6.42 Å². The maximum absolute atomic E-state index is 12.4. The minimum Gasteiger partial charge on any atom is -0.338 e. The van der Waals surface area contributed by atoms with Gasteiger partial charge in [-0.25, -0.2) is 0 Å². The zero-order valence-corrected chi connectivity index (χ0v) is 13.8. The second-order valence-electron chi connectivity index (χ2n) is 4.54. The third kappa shape index (κ3) is 3.28. The highest BCUT2D eigenvalue weighted by Crippen LogP contribution is 2.25. The third-order valence-electron chi connectivity index (χ3n) is 3.19. The van der Waals surface area contributed by atoms with Crippen molar-refractivity contribution in [2.24, 2.45) is 5.92 Å². The smallest absolute Gasteiger partial charge is 0.255 e. The molecule has 0 radical (unpaired) electrons. The Hall–Kier alpha value is -0.0600. The van der Waals surface area contributed by atoms with E-state index < -0.39 is 0 Å². The summed E-state index contributed by atoms with van der Waals surface area (Å²) in [6, 6.07) is 5.40. The van der Waals surface area contributed by atoms with E-state index in [0.29, 0.717) is 16.5 Å². The summed E-state index contributed by atoms with van der Waals surface area (Å²) in [7, 11) is 0. The summed E-state index contributed by atoms with van der Waals surface area (Å²) >= 11 is 13.0. The lowest BCUT2D eigenvalue weighted by Crippen LogP contribution is -2.40. The number of amides is 1. The number of rotatable bonds is 2. The van der Waals surface area contributed by atoms with Gasteiger partial charge in [-0.3, -0.25) is 4.79 Å². The molecule has 1 fully saturated rings. The van der Waals surface area contributed by atoms with Crippen LogP contribution in [0.15, 0.2) is 22.7 Å². The molecule has 0 aliphatic carbocycles. The van der Waals surface area contributed by atoms with Crippen molar-refractivity contribution in [1.82, 2.24) is 4.90 Å². The number of piperidine rings is 1. The van der Waals surface area contributed by atoms with Gasteiger partial charge in [0.25, 0.3) is 5.91 Å². The first-order valence-electron chi connectivity index (χ1n) is 5.92. The van der Waals surface area contributed by atoms with E-state index in [-0.39, 0.29) is 5.91 Å². The molecule has 1 heterocycles. The molecular formula is C13H14Br2ClNO. The normalized spacial score (nSPS) is 19.9. The number of hydrogen-bond acceptors (Lipinski definition) is 1. The summed E-state index contributed by atoms with van der Waals surface area (Å²) in [6.07, 6.45) is 2.25. The summed E-state index contributed by atoms with van der Waals surface area (Å²) in [5, 5.41) is 1.46. The average molecular weight is 396 g/mol. The first kappa shape index (κ1) is 14.4. The van der Waals surface area contributed by atoms with Gasteiger partial charge in [0.15, 0.2) is 0 Å². The van der Waals surface area contributed by atoms with Crippen LogP contribution in [0.4, 0.5) is 0 Å². The van der Waals surface area contributed by atoms with E-state index in [9.17, 15) is 4.79 Å². The molecule has 0 spiro atoms. The Morgan fingerprint density at radius 1 is 1.50 bits per heavy atom. The van der Waals surface area contributed by atoms with Crippen LogP contribution in [0.2, 0.25) is 5.02 Å². The van der Waals surface area contributed by atoms with Crippen molar-refractivity contribution in [3.63, 3.8) is 0 Å². The summed E-state index contributed by atoms with van der Waals surface area (Å²) < 4.78 is 0.890. The predicted octanol–water partition coefficient (Wildman–Crippen LogP) is 4.35. The average Bonchev–Trinajstić information content (AvgIpc) is 2.38. The van der Waals surface area contributed by atoms with Crippen LogP contribution in [0.1, 0.15) is 23.2 Å². The zero-order valence-electron chi connectivity index (χ0n) is 9.83. The van der Waals surface area contributed by atoms with Crippen molar-refractivity contribution in [2.45, 2.75) is 12.8 Å². The Labute approximate surface area is 129 Å². The van der Waals surface area contributed by atoms with Crippen molar-refractivity contribution in [2.75, 3.05) is 18.4 Å². The van der Waals surface area contributed by atoms with Crippen molar-refractivity contribution in [3.8, 4) is 0 Å². The highest BCUT2D eigenvalue weighted by atomic mass is 79.9. The van der Waals surface area contributed by atoms with Crippen LogP contribution < -0.4 is 0 Å². The number of halogens is 3. The van der Waals surface area contributed by atoms with Gasteiger partial charge in [-0.05, 0) is 37.0 Å². The Morgan fingerprint density at radius 3 is 2.94 bits per heavy atom. The number of alkyl halides is 1. The zero-order chi connectivity index (χ0) is 13.1. The molecule has 0 aromatic heterocycles. The van der Waals surface area contributed by atoms with Crippen molar-refractivity contribution in [3.05, 3.63) is 33.3 Å². The van der Waals surface area contributed by atoms with E-state index in [1.807, 2.05) is 11.0 Å². The van der Waals surface area contributed by atoms with E-state index >= 15 is 0 Å². The molecule has 98 valence electrons. The number of benzene rings is 1. The molecular weight excluding hydrogens is 381 g/mol. The molecule has 0 N–H and O–H groups in total. The summed E-state index contributed by atoms with van der Waals surface area (Å²) in [5.74, 6) is 0.593. The molecule has 1 aliphatic rings. The van der Waals surface area contributed by atoms with Crippen LogP contribution in [0, 0.1) is 5.92 Å². The van der Waals surface area contributed by atoms with E-state index in [4.69, 9.17) is 11.6 Å². The number of carbonyl (C=O) groups is 1. The standard InChI is InChI=1S/C13H14Br2ClNO/c14-7-9-2-1-5-17(8-9)13(18)11-4-3-10(15)6-12(11)16/h3-4,6,9H,1-2,5,7-8H2. The number of carbonyl (C=O) groups excluding carboxylic acids is 1. The molecule has 1 unspecified atom stereocenters. The largest absolute Gasteiger partial charge is 0.338 e. The maximum Gasteiger partial charge on any atom is 0.255 e. The van der Waals surface area contributed by atoms with Gasteiger partial charge in [0.1, 0.15) is 0 Å². The third-order valence-corrected chi connectivity index (χ3v) is 4.91. The molecule has 1 saturated heterocycles. The Kier molecular flexibility index (Phi) is 5.10. The SMILES string of the molecule is O=C(c1ccc(Br)cc1Cl)N1CCCC(CBr)C1. The van der Waals surface area contributed by atoms with E-state index in [0.717, 1.165) is 29.3 Å². The fourth-order valence-electron chi connectivity index (χ4n) is 2.21. The molecule has 1 aromatic rings. The van der Waals surface area contributed by atoms with Crippen LogP contribution in [0.25, 0.3) is 0 Å². The van der Waals surface area contributed by atoms with Crippen molar-refractivity contribution >= 4 is 49.4 Å². The number of likely N-dealkylation sites (tertiary alicyclic amines) is 1. The van der Waals surface area contributed by atoms with Gasteiger partial charge in [-0.15, -0.1) is 0 Å². The minimum atomic E-state index is 0.0400. The summed E-state index contributed by atoms with van der Waals surface area (Å²) in [5.41, 5.74) is 0.593. The molecule has 5 heteroatoms. The van der Waals surface area contributed by atoms with Gasteiger partial charge >= 0.3 is 0 Å². The molecule has 2 rings (SSSR count). The Bertz CT molecular complexity index is 453. The first-order chi connectivity index (χ1) is 8.61. The summed E-state index contributed by atoms with van der Waals surface area (Å²) in [6.45, 7) is 1.64. The highest BCUT2D eigenvalue weighted by Gasteiger charge is 2.24. The van der Waals surface area contributed by atoms with Crippen molar-refractivity contribution < 1.29 is 4.79 Å². The second kappa shape index (κ2) is 6.40. The van der Waals surface area contributed by atoms with Crippen LogP contribution in [0.3, 0.4) is 0 Å². The fraction of sp³-hybridized carbons (Fsp3) is 0.462. The van der Waals surface area contributed by atoms with Gasteiger partial charge < -0.3 is 4.90 Å². The second-order valence-corrected chi connectivity index (χ2v) is 6.51. The lowest BCUT2D eigenvalue weighted by molar-refractivity contribution is 0.0686. The summed E-state index contributed by atoms with van der Waals surface area (Å²) in [4.78, 5) is 14.3. The molecule has 18 heavy (non-hydrogen) atoms. The van der Waals surface area contributed by atoms with Gasteiger partial charge in [-0.2, -0.15) is 0 Å². The molecule has 0 saturated carbocycles. The molecule has 1 amide bonds. The molecule has 2 nitrogen and oxygen atoms in total. The van der Waals surface area contributed by atoms with Gasteiger partial charge in [0.2, 0.25) is 0 Å². The molecule has 1 atom stereocenters. The predicted molar refractivity (Wildman–Crippen MR) is 81.6 cm³/mol. The minimum absolute atomic E-state index is 0.0400. The van der Waals surface area contributed by atoms with Crippen LogP contribution >= 0.6 is 43.5 Å². The topological polar surface area (TPSA) is 20.3 Å². The monoisotopic (exact) mass is 393 g/mol. The van der Waals surface area contributed by atoms with Crippen LogP contribution in [0.5, 0.6) is 0 Å². The van der Waals surface area contributed by atoms with Gasteiger partial charge in [-0.1, -0.05) is 43.5 Å². The molecule has 1 aromatic carbocycles. The number of hydrogen-bond donors (Lipinski definition) is 0. The van der Waals surface area contributed by atoms with Crippen molar-refractivity contribution in [1.29, 1.82) is 0 Å². The lowest BCUT2D eigenvalue weighted by atomic mass is 9.99.